The van der Waals surface area contributed by atoms with Crippen LogP contribution in [0, 0.1) is 10.8 Å². The van der Waals surface area contributed by atoms with E-state index in [-0.39, 0.29) is 10.8 Å². The molecule has 30 heavy (non-hydrogen) atoms. The van der Waals surface area contributed by atoms with Crippen molar-refractivity contribution in [1.29, 1.82) is 0 Å². The molecule has 3 aromatic rings. The van der Waals surface area contributed by atoms with Gasteiger partial charge in [-0.1, -0.05) is 44.2 Å². The molecule has 3 aliphatic carbocycles. The van der Waals surface area contributed by atoms with Crippen LogP contribution in [0.25, 0.3) is 17.1 Å². The van der Waals surface area contributed by atoms with Crippen LogP contribution in [0.4, 0.5) is 0 Å². The molecule has 3 atom stereocenters. The Kier molecular flexibility index (Phi) is 3.39. The Morgan fingerprint density at radius 3 is 2.63 bits per heavy atom. The Hall–Kier alpha value is -2.82. The quantitative estimate of drug-likeness (QED) is 0.608. The van der Waals surface area contributed by atoms with Gasteiger partial charge >= 0.3 is 0 Å². The van der Waals surface area contributed by atoms with Crippen molar-refractivity contribution in [3.05, 3.63) is 65.9 Å². The highest BCUT2D eigenvalue weighted by Gasteiger charge is 2.75. The van der Waals surface area contributed by atoms with E-state index in [9.17, 15) is 5.11 Å². The second-order valence-electron chi connectivity index (χ2n) is 10.1. The van der Waals surface area contributed by atoms with Crippen molar-refractivity contribution in [1.82, 2.24) is 19.3 Å². The molecule has 154 valence electrons. The molecule has 2 aromatic heterocycles. The van der Waals surface area contributed by atoms with Gasteiger partial charge in [0.25, 0.3) is 0 Å². The Bertz CT molecular complexity index is 1190. The largest absolute Gasteiger partial charge is 0.516 e. The van der Waals surface area contributed by atoms with Crippen molar-refractivity contribution in [2.75, 3.05) is 0 Å². The molecule has 0 bridgehead atoms. The number of aromatic nitrogens is 4. The molecule has 5 heteroatoms. The SMILES string of the molecule is Cn1cc(-n2c(-c3ccccc3)nc3c2CC[C@@]24CC2(C)C/C(=C\O)C[C@]34C)cn1. The summed E-state index contributed by atoms with van der Waals surface area (Å²) in [5.74, 6) is 0.995. The van der Waals surface area contributed by atoms with Crippen LogP contribution in [0.15, 0.2) is 54.6 Å². The zero-order chi connectivity index (χ0) is 20.7. The monoisotopic (exact) mass is 400 g/mol. The first-order valence-electron chi connectivity index (χ1n) is 10.9. The van der Waals surface area contributed by atoms with Gasteiger partial charge in [-0.15, -0.1) is 0 Å². The summed E-state index contributed by atoms with van der Waals surface area (Å²) in [4.78, 5) is 5.35. The molecule has 6 rings (SSSR count). The Balaban J connectivity index is 1.62. The van der Waals surface area contributed by atoms with Crippen LogP contribution in [0.3, 0.4) is 0 Å². The van der Waals surface area contributed by atoms with Gasteiger partial charge in [-0.2, -0.15) is 5.10 Å². The van der Waals surface area contributed by atoms with Gasteiger partial charge < -0.3 is 5.11 Å². The van der Waals surface area contributed by atoms with E-state index in [1.54, 1.807) is 0 Å². The number of hydrogen-bond donors (Lipinski definition) is 1. The lowest BCUT2D eigenvalue weighted by atomic mass is 9.55. The molecule has 2 saturated carbocycles. The highest BCUT2D eigenvalue weighted by atomic mass is 16.2. The number of aryl methyl sites for hydroxylation is 1. The Labute approximate surface area is 177 Å². The summed E-state index contributed by atoms with van der Waals surface area (Å²) in [6.45, 7) is 4.81. The fourth-order valence-corrected chi connectivity index (χ4v) is 7.01. The first-order valence-corrected chi connectivity index (χ1v) is 10.9. The van der Waals surface area contributed by atoms with Crippen LogP contribution in [0.2, 0.25) is 0 Å². The second-order valence-corrected chi connectivity index (χ2v) is 10.1. The molecule has 1 aromatic carbocycles. The average Bonchev–Trinajstić information content (AvgIpc) is 3.03. The van der Waals surface area contributed by atoms with Crippen molar-refractivity contribution in [2.45, 2.75) is 51.4 Å². The number of benzene rings is 1. The standard InChI is InChI=1S/C25H28N4O/c1-23-11-17(15-30)12-24(2)21-20(9-10-25(23,24)16-23)29(19-13-26-28(3)14-19)22(27-21)18-7-5-4-6-8-18/h4-8,13-15,30H,9-12,16H2,1-3H3/b17-15+/t23?,24-,25-/m1/s1. The van der Waals surface area contributed by atoms with Gasteiger partial charge in [-0.3, -0.25) is 9.25 Å². The van der Waals surface area contributed by atoms with Gasteiger partial charge in [0.1, 0.15) is 5.82 Å². The van der Waals surface area contributed by atoms with E-state index in [0.29, 0.717) is 5.41 Å². The molecule has 0 radical (unpaired) electrons. The maximum absolute atomic E-state index is 9.91. The summed E-state index contributed by atoms with van der Waals surface area (Å²) in [5.41, 5.74) is 6.40. The third kappa shape index (κ3) is 2.08. The number of rotatable bonds is 2. The maximum Gasteiger partial charge on any atom is 0.145 e. The smallest absolute Gasteiger partial charge is 0.145 e. The minimum Gasteiger partial charge on any atom is -0.516 e. The van der Waals surface area contributed by atoms with E-state index in [0.717, 1.165) is 41.9 Å². The highest BCUT2D eigenvalue weighted by molar-refractivity contribution is 5.62. The van der Waals surface area contributed by atoms with Crippen LogP contribution >= 0.6 is 0 Å². The van der Waals surface area contributed by atoms with Crippen LogP contribution in [0.1, 0.15) is 50.9 Å². The van der Waals surface area contributed by atoms with Crippen LogP contribution in [-0.4, -0.2) is 24.4 Å². The van der Waals surface area contributed by atoms with Crippen LogP contribution in [-0.2, 0) is 18.9 Å². The summed E-state index contributed by atoms with van der Waals surface area (Å²) in [7, 11) is 1.96. The van der Waals surface area contributed by atoms with E-state index in [4.69, 9.17) is 4.98 Å². The van der Waals surface area contributed by atoms with Gasteiger partial charge in [-0.25, -0.2) is 4.98 Å². The normalized spacial score (nSPS) is 33.1. The number of hydrogen-bond acceptors (Lipinski definition) is 3. The number of aliphatic hydroxyl groups is 1. The third-order valence-electron chi connectivity index (χ3n) is 8.42. The number of fused-ring (bicyclic) bond motifs is 2. The number of nitrogens with zero attached hydrogens (tertiary/aromatic N) is 4. The predicted molar refractivity (Wildman–Crippen MR) is 117 cm³/mol. The lowest BCUT2D eigenvalue weighted by molar-refractivity contribution is 0.134. The Morgan fingerprint density at radius 2 is 1.93 bits per heavy atom. The van der Waals surface area contributed by atoms with E-state index in [1.165, 1.54) is 30.5 Å². The highest BCUT2D eigenvalue weighted by Crippen LogP contribution is 2.81. The molecule has 0 saturated heterocycles. The molecule has 2 heterocycles. The molecule has 5 nitrogen and oxygen atoms in total. The predicted octanol–water partition coefficient (Wildman–Crippen LogP) is 5.11. The summed E-state index contributed by atoms with van der Waals surface area (Å²) >= 11 is 0. The van der Waals surface area contributed by atoms with Crippen molar-refractivity contribution in [2.24, 2.45) is 17.9 Å². The van der Waals surface area contributed by atoms with E-state index >= 15 is 0 Å². The third-order valence-corrected chi connectivity index (χ3v) is 8.42. The Morgan fingerprint density at radius 1 is 1.13 bits per heavy atom. The zero-order valence-corrected chi connectivity index (χ0v) is 17.9. The minimum absolute atomic E-state index is 0.0564. The summed E-state index contributed by atoms with van der Waals surface area (Å²) in [6, 6.07) is 10.5. The molecular formula is C25H28N4O. The number of imidazole rings is 1. The van der Waals surface area contributed by atoms with Crippen molar-refractivity contribution >= 4 is 0 Å². The second kappa shape index (κ2) is 5.65. The van der Waals surface area contributed by atoms with Gasteiger partial charge in [-0.05, 0) is 48.5 Å². The zero-order valence-electron chi connectivity index (χ0n) is 17.9. The number of aliphatic hydroxyl groups excluding tert-OH is 1. The average molecular weight is 401 g/mol. The van der Waals surface area contributed by atoms with Crippen molar-refractivity contribution in [3.63, 3.8) is 0 Å². The molecule has 2 fully saturated rings. The first kappa shape index (κ1) is 18.0. The van der Waals surface area contributed by atoms with Gasteiger partial charge in [0, 0.05) is 29.9 Å². The fraction of sp³-hybridized carbons (Fsp3) is 0.440. The van der Waals surface area contributed by atoms with Gasteiger partial charge in [0.05, 0.1) is 23.8 Å². The lowest BCUT2D eigenvalue weighted by Crippen LogP contribution is -2.45. The lowest BCUT2D eigenvalue weighted by Gasteiger charge is -2.48. The molecule has 1 N–H and O–H groups in total. The molecule has 1 spiro atoms. The molecule has 0 amide bonds. The minimum atomic E-state index is -0.0564. The molecule has 1 unspecified atom stereocenters. The topological polar surface area (TPSA) is 55.9 Å². The van der Waals surface area contributed by atoms with Crippen LogP contribution in [0.5, 0.6) is 0 Å². The van der Waals surface area contributed by atoms with E-state index in [1.807, 2.05) is 24.0 Å². The summed E-state index contributed by atoms with van der Waals surface area (Å²) in [6.07, 6.45) is 10.7. The van der Waals surface area contributed by atoms with Gasteiger partial charge in [0.2, 0.25) is 0 Å². The van der Waals surface area contributed by atoms with Crippen molar-refractivity contribution < 1.29 is 5.11 Å². The molecule has 3 aliphatic rings. The van der Waals surface area contributed by atoms with E-state index < -0.39 is 0 Å². The molecule has 0 aliphatic heterocycles. The first-order chi connectivity index (χ1) is 14.4. The number of allylic oxidation sites excluding steroid dienone is 1. The molecular weight excluding hydrogens is 372 g/mol. The van der Waals surface area contributed by atoms with E-state index in [2.05, 4.69) is 54.0 Å². The van der Waals surface area contributed by atoms with Gasteiger partial charge in [0.15, 0.2) is 0 Å². The van der Waals surface area contributed by atoms with Crippen LogP contribution < -0.4 is 0 Å². The van der Waals surface area contributed by atoms with Crippen molar-refractivity contribution in [3.8, 4) is 17.1 Å². The summed E-state index contributed by atoms with van der Waals surface area (Å²) in [5, 5.41) is 14.4. The summed E-state index contributed by atoms with van der Waals surface area (Å²) < 4.78 is 4.18. The fourth-order valence-electron chi connectivity index (χ4n) is 7.01. The maximum atomic E-state index is 9.91.